The number of aromatic nitrogens is 3. The van der Waals surface area contributed by atoms with Crippen LogP contribution in [0.1, 0.15) is 17.4 Å². The molecule has 0 aliphatic rings. The first-order valence-electron chi connectivity index (χ1n) is 4.41. The minimum atomic E-state index is -0.464. The van der Waals surface area contributed by atoms with Crippen LogP contribution in [-0.2, 0) is 9.53 Å². The van der Waals surface area contributed by atoms with Gasteiger partial charge < -0.3 is 9.64 Å². The average Bonchev–Trinajstić information content (AvgIpc) is 2.77. The highest BCUT2D eigenvalue weighted by atomic mass is 16.5. The van der Waals surface area contributed by atoms with Gasteiger partial charge in [0.25, 0.3) is 5.91 Å². The number of carbonyl (C=O) groups is 2. The highest BCUT2D eigenvalue weighted by molar-refractivity contribution is 5.93. The Morgan fingerprint density at radius 1 is 1.60 bits per heavy atom. The number of carbonyl (C=O) groups excluding carboxylic acids is 2. The number of ether oxygens (including phenoxy) is 1. The van der Waals surface area contributed by atoms with Gasteiger partial charge in [0.1, 0.15) is 6.54 Å². The molecule has 1 amide bonds. The Bertz CT molecular complexity index is 336. The number of amides is 1. The van der Waals surface area contributed by atoms with Crippen LogP contribution >= 0.6 is 0 Å². The Morgan fingerprint density at radius 3 is 2.80 bits per heavy atom. The molecule has 1 aromatic heterocycles. The molecule has 0 atom stereocenters. The summed E-state index contributed by atoms with van der Waals surface area (Å²) in [6, 6.07) is 0. The van der Waals surface area contributed by atoms with Gasteiger partial charge in [-0.2, -0.15) is 15.4 Å². The van der Waals surface area contributed by atoms with Gasteiger partial charge in [-0.3, -0.25) is 9.59 Å². The van der Waals surface area contributed by atoms with Crippen molar-refractivity contribution in [3.8, 4) is 0 Å². The maximum atomic E-state index is 11.7. The Balaban J connectivity index is 2.67. The maximum Gasteiger partial charge on any atom is 0.325 e. The minimum Gasteiger partial charge on any atom is -0.468 e. The van der Waals surface area contributed by atoms with E-state index in [9.17, 15) is 9.59 Å². The summed E-state index contributed by atoms with van der Waals surface area (Å²) >= 11 is 0. The number of likely N-dealkylation sites (N-methyl/N-ethyl adjacent to an activating group) is 1. The monoisotopic (exact) mass is 212 g/mol. The van der Waals surface area contributed by atoms with Crippen LogP contribution < -0.4 is 0 Å². The zero-order valence-corrected chi connectivity index (χ0v) is 8.56. The van der Waals surface area contributed by atoms with E-state index in [-0.39, 0.29) is 18.1 Å². The maximum absolute atomic E-state index is 11.7. The zero-order chi connectivity index (χ0) is 11.3. The predicted octanol–water partition coefficient (Wildman–Crippen LogP) is -0.560. The van der Waals surface area contributed by atoms with Gasteiger partial charge in [-0.1, -0.05) is 0 Å². The molecule has 0 saturated heterocycles. The van der Waals surface area contributed by atoms with E-state index in [1.165, 1.54) is 18.2 Å². The molecule has 0 fully saturated rings. The highest BCUT2D eigenvalue weighted by Crippen LogP contribution is 1.99. The van der Waals surface area contributed by atoms with Crippen molar-refractivity contribution < 1.29 is 14.3 Å². The van der Waals surface area contributed by atoms with E-state index >= 15 is 0 Å². The van der Waals surface area contributed by atoms with E-state index < -0.39 is 5.97 Å². The Labute approximate surface area is 86.4 Å². The normalized spacial score (nSPS) is 9.73. The van der Waals surface area contributed by atoms with Crippen molar-refractivity contribution in [1.82, 2.24) is 20.3 Å². The number of rotatable bonds is 4. The van der Waals surface area contributed by atoms with Crippen molar-refractivity contribution in [3.63, 3.8) is 0 Å². The van der Waals surface area contributed by atoms with E-state index in [1.807, 2.05) is 0 Å². The first kappa shape index (κ1) is 11.2. The van der Waals surface area contributed by atoms with Crippen LogP contribution in [0.2, 0.25) is 0 Å². The van der Waals surface area contributed by atoms with Crippen LogP contribution in [0.15, 0.2) is 6.20 Å². The predicted molar refractivity (Wildman–Crippen MR) is 50.0 cm³/mol. The summed E-state index contributed by atoms with van der Waals surface area (Å²) in [5.41, 5.74) is 0.181. The average molecular weight is 212 g/mol. The van der Waals surface area contributed by atoms with Gasteiger partial charge >= 0.3 is 5.97 Å². The van der Waals surface area contributed by atoms with E-state index in [0.29, 0.717) is 6.54 Å². The summed E-state index contributed by atoms with van der Waals surface area (Å²) in [4.78, 5) is 24.0. The molecule has 7 heteroatoms. The molecule has 0 saturated carbocycles. The number of esters is 1. The quantitative estimate of drug-likeness (QED) is 0.676. The minimum absolute atomic E-state index is 0.0846. The van der Waals surface area contributed by atoms with Crippen molar-refractivity contribution in [3.05, 3.63) is 11.9 Å². The molecule has 0 aromatic carbocycles. The van der Waals surface area contributed by atoms with E-state index in [4.69, 9.17) is 0 Å². The molecule has 0 unspecified atom stereocenters. The van der Waals surface area contributed by atoms with Crippen LogP contribution in [-0.4, -0.2) is 52.4 Å². The van der Waals surface area contributed by atoms with Crippen molar-refractivity contribution in [2.75, 3.05) is 20.2 Å². The fraction of sp³-hybridized carbons (Fsp3) is 0.500. The SMILES string of the molecule is CCN(CC(=O)OC)C(=O)c1cn[nH]n1. The summed E-state index contributed by atoms with van der Waals surface area (Å²) in [5.74, 6) is -0.814. The first-order valence-corrected chi connectivity index (χ1v) is 4.41. The van der Waals surface area contributed by atoms with Crippen molar-refractivity contribution >= 4 is 11.9 Å². The molecular formula is C8H12N4O3. The Kier molecular flexibility index (Phi) is 3.78. The molecule has 1 heterocycles. The molecule has 1 N–H and O–H groups in total. The lowest BCUT2D eigenvalue weighted by molar-refractivity contribution is -0.141. The summed E-state index contributed by atoms with van der Waals surface area (Å²) < 4.78 is 4.47. The number of nitrogens with zero attached hydrogens (tertiary/aromatic N) is 3. The first-order chi connectivity index (χ1) is 7.19. The molecule has 7 nitrogen and oxygen atoms in total. The smallest absolute Gasteiger partial charge is 0.325 e. The summed E-state index contributed by atoms with van der Waals surface area (Å²) in [5, 5.41) is 9.49. The molecule has 0 radical (unpaired) electrons. The van der Waals surface area contributed by atoms with E-state index in [2.05, 4.69) is 20.1 Å². The van der Waals surface area contributed by atoms with E-state index in [1.54, 1.807) is 6.92 Å². The molecule has 15 heavy (non-hydrogen) atoms. The van der Waals surface area contributed by atoms with Crippen LogP contribution in [0.5, 0.6) is 0 Å². The lowest BCUT2D eigenvalue weighted by Crippen LogP contribution is -2.36. The second-order valence-electron chi connectivity index (χ2n) is 2.75. The van der Waals surface area contributed by atoms with Crippen molar-refractivity contribution in [2.45, 2.75) is 6.92 Å². The second kappa shape index (κ2) is 5.08. The van der Waals surface area contributed by atoms with Gasteiger partial charge in [0.2, 0.25) is 0 Å². The fourth-order valence-corrected chi connectivity index (χ4v) is 1.01. The fourth-order valence-electron chi connectivity index (χ4n) is 1.01. The van der Waals surface area contributed by atoms with E-state index in [0.717, 1.165) is 0 Å². The zero-order valence-electron chi connectivity index (χ0n) is 8.56. The van der Waals surface area contributed by atoms with Gasteiger partial charge in [0.15, 0.2) is 5.69 Å². The summed E-state index contributed by atoms with van der Waals surface area (Å²) in [6.45, 7) is 2.08. The van der Waals surface area contributed by atoms with Gasteiger partial charge in [-0.15, -0.1) is 0 Å². The second-order valence-corrected chi connectivity index (χ2v) is 2.75. The molecule has 1 rings (SSSR count). The van der Waals surface area contributed by atoms with Crippen LogP contribution in [0, 0.1) is 0 Å². The number of hydrogen-bond donors (Lipinski definition) is 1. The molecular weight excluding hydrogens is 200 g/mol. The molecule has 0 spiro atoms. The van der Waals surface area contributed by atoms with Crippen molar-refractivity contribution in [2.24, 2.45) is 0 Å². The Hall–Kier alpha value is -1.92. The van der Waals surface area contributed by atoms with Gasteiger partial charge in [0, 0.05) is 6.54 Å². The molecule has 82 valence electrons. The van der Waals surface area contributed by atoms with Crippen LogP contribution in [0.4, 0.5) is 0 Å². The number of nitrogens with one attached hydrogen (secondary N) is 1. The highest BCUT2D eigenvalue weighted by Gasteiger charge is 2.19. The van der Waals surface area contributed by atoms with Crippen LogP contribution in [0.25, 0.3) is 0 Å². The standard InChI is InChI=1S/C8H12N4O3/c1-3-12(5-7(13)15-2)8(14)6-4-9-11-10-6/h4H,3,5H2,1-2H3,(H,9,10,11). The Morgan fingerprint density at radius 2 is 2.33 bits per heavy atom. The summed E-state index contributed by atoms with van der Waals surface area (Å²) in [6.07, 6.45) is 1.31. The largest absolute Gasteiger partial charge is 0.468 e. The van der Waals surface area contributed by atoms with Gasteiger partial charge in [-0.25, -0.2) is 0 Å². The van der Waals surface area contributed by atoms with Crippen molar-refractivity contribution in [1.29, 1.82) is 0 Å². The number of methoxy groups -OCH3 is 1. The molecule has 0 aliphatic carbocycles. The number of hydrogen-bond acceptors (Lipinski definition) is 5. The van der Waals surface area contributed by atoms with Crippen LogP contribution in [0.3, 0.4) is 0 Å². The molecule has 0 bridgehead atoms. The summed E-state index contributed by atoms with van der Waals surface area (Å²) in [7, 11) is 1.27. The molecule has 1 aromatic rings. The number of aromatic amines is 1. The van der Waals surface area contributed by atoms with Gasteiger partial charge in [0.05, 0.1) is 13.3 Å². The third-order valence-electron chi connectivity index (χ3n) is 1.85. The third kappa shape index (κ3) is 2.76. The number of H-pyrrole nitrogens is 1. The third-order valence-corrected chi connectivity index (χ3v) is 1.85. The van der Waals surface area contributed by atoms with Gasteiger partial charge in [-0.05, 0) is 6.92 Å². The lowest BCUT2D eigenvalue weighted by Gasteiger charge is -2.17. The topological polar surface area (TPSA) is 88.2 Å². The lowest BCUT2D eigenvalue weighted by atomic mass is 10.3. The molecule has 0 aliphatic heterocycles.